The molecule has 0 aliphatic heterocycles. The molecule has 0 saturated carbocycles. The molecule has 2 unspecified atom stereocenters. The van der Waals surface area contributed by atoms with Crippen LogP contribution in [-0.2, 0) is 19.1 Å². The largest absolute Gasteiger partial charge is 0.464 e. The number of nitrogens with two attached hydrogens (primary N) is 2. The smallest absolute Gasteiger partial charge is 0.309 e. The molecule has 0 aromatic carbocycles. The van der Waals surface area contributed by atoms with Crippen molar-refractivity contribution in [1.82, 2.24) is 0 Å². The van der Waals surface area contributed by atoms with E-state index in [0.717, 1.165) is 0 Å². The number of carbonyl (C=O) groups is 2. The summed E-state index contributed by atoms with van der Waals surface area (Å²) in [6, 6.07) is 0. The van der Waals surface area contributed by atoms with E-state index in [0.29, 0.717) is 0 Å². The Morgan fingerprint density at radius 3 is 1.50 bits per heavy atom. The second kappa shape index (κ2) is 8.06. The summed E-state index contributed by atoms with van der Waals surface area (Å²) in [5.41, 5.74) is 10.4. The van der Waals surface area contributed by atoms with E-state index >= 15 is 0 Å². The molecule has 0 bridgehead atoms. The minimum atomic E-state index is -0.545. The molecule has 0 aliphatic rings. The predicted molar refractivity (Wildman–Crippen MR) is 58.4 cm³/mol. The van der Waals surface area contributed by atoms with Crippen LogP contribution in [0.1, 0.15) is 13.8 Å². The zero-order valence-electron chi connectivity index (χ0n) is 9.77. The molecule has 0 fully saturated rings. The van der Waals surface area contributed by atoms with Crippen molar-refractivity contribution < 1.29 is 19.1 Å². The van der Waals surface area contributed by atoms with Crippen molar-refractivity contribution in [3.05, 3.63) is 0 Å². The number of ether oxygens (including phenoxy) is 2. The Bertz CT molecular complexity index is 209. The van der Waals surface area contributed by atoms with Gasteiger partial charge in [0.25, 0.3) is 0 Å². The molecule has 16 heavy (non-hydrogen) atoms. The molecule has 0 aliphatic carbocycles. The van der Waals surface area contributed by atoms with E-state index in [1.54, 1.807) is 13.8 Å². The molecule has 6 heteroatoms. The molecule has 0 aromatic rings. The normalized spacial score (nSPS) is 14.0. The summed E-state index contributed by atoms with van der Waals surface area (Å²) in [5.74, 6) is -1.97. The number of esters is 2. The molecule has 0 aromatic heterocycles. The van der Waals surface area contributed by atoms with Crippen LogP contribution in [0.4, 0.5) is 0 Å². The van der Waals surface area contributed by atoms with E-state index in [-0.39, 0.29) is 26.3 Å². The number of hydrogen-bond acceptors (Lipinski definition) is 6. The lowest BCUT2D eigenvalue weighted by molar-refractivity contribution is -0.159. The van der Waals surface area contributed by atoms with Gasteiger partial charge in [-0.1, -0.05) is 13.8 Å². The molecule has 6 nitrogen and oxygen atoms in total. The third-order valence-corrected chi connectivity index (χ3v) is 2.22. The molecule has 0 amide bonds. The van der Waals surface area contributed by atoms with Gasteiger partial charge >= 0.3 is 11.9 Å². The molecule has 0 saturated heterocycles. The summed E-state index contributed by atoms with van der Waals surface area (Å²) < 4.78 is 9.66. The van der Waals surface area contributed by atoms with E-state index in [4.69, 9.17) is 20.9 Å². The molecular formula is C10H20N2O4. The maximum Gasteiger partial charge on any atom is 0.309 e. The molecule has 0 spiro atoms. The van der Waals surface area contributed by atoms with Gasteiger partial charge < -0.3 is 20.9 Å². The first kappa shape index (κ1) is 14.9. The lowest BCUT2D eigenvalue weighted by Crippen LogP contribution is -2.30. The van der Waals surface area contributed by atoms with Crippen molar-refractivity contribution in [2.45, 2.75) is 13.8 Å². The first-order valence-corrected chi connectivity index (χ1v) is 5.28. The highest BCUT2D eigenvalue weighted by atomic mass is 16.5. The van der Waals surface area contributed by atoms with E-state index in [1.807, 2.05) is 0 Å². The molecule has 2 atom stereocenters. The van der Waals surface area contributed by atoms with Crippen LogP contribution < -0.4 is 11.5 Å². The maximum absolute atomic E-state index is 11.4. The Kier molecular flexibility index (Phi) is 7.49. The highest BCUT2D eigenvalue weighted by Gasteiger charge is 2.28. The monoisotopic (exact) mass is 232 g/mol. The number of carbonyl (C=O) groups excluding carboxylic acids is 2. The van der Waals surface area contributed by atoms with Crippen LogP contribution in [0.3, 0.4) is 0 Å². The second-order valence-corrected chi connectivity index (χ2v) is 3.49. The van der Waals surface area contributed by atoms with Gasteiger partial charge in [0, 0.05) is 13.1 Å². The third-order valence-electron chi connectivity index (χ3n) is 2.22. The Labute approximate surface area is 95.3 Å². The van der Waals surface area contributed by atoms with Gasteiger partial charge in [0.05, 0.1) is 11.8 Å². The first-order chi connectivity index (χ1) is 7.54. The lowest BCUT2D eigenvalue weighted by atomic mass is 9.96. The van der Waals surface area contributed by atoms with Crippen molar-refractivity contribution in [1.29, 1.82) is 0 Å². The van der Waals surface area contributed by atoms with Gasteiger partial charge in [-0.3, -0.25) is 9.59 Å². The Morgan fingerprint density at radius 2 is 1.25 bits per heavy atom. The minimum absolute atomic E-state index is 0.160. The van der Waals surface area contributed by atoms with Crippen LogP contribution in [0.25, 0.3) is 0 Å². The average molecular weight is 232 g/mol. The third kappa shape index (κ3) is 5.09. The summed E-state index contributed by atoms with van der Waals surface area (Å²) in [4.78, 5) is 22.8. The molecule has 0 radical (unpaired) electrons. The van der Waals surface area contributed by atoms with Crippen molar-refractivity contribution in [2.75, 3.05) is 26.3 Å². The first-order valence-electron chi connectivity index (χ1n) is 5.28. The van der Waals surface area contributed by atoms with Gasteiger partial charge in [-0.25, -0.2) is 0 Å². The number of hydrogen-bond donors (Lipinski definition) is 2. The van der Waals surface area contributed by atoms with Gasteiger partial charge in [0.15, 0.2) is 0 Å². The van der Waals surface area contributed by atoms with Crippen molar-refractivity contribution in [2.24, 2.45) is 23.3 Å². The van der Waals surface area contributed by atoms with E-state index in [9.17, 15) is 9.59 Å². The molecule has 94 valence electrons. The molecule has 4 N–H and O–H groups in total. The fourth-order valence-corrected chi connectivity index (χ4v) is 0.990. The molecular weight excluding hydrogens is 212 g/mol. The highest BCUT2D eigenvalue weighted by molar-refractivity contribution is 5.81. The van der Waals surface area contributed by atoms with Gasteiger partial charge in [-0.05, 0) is 0 Å². The van der Waals surface area contributed by atoms with Crippen molar-refractivity contribution in [3.8, 4) is 0 Å². The van der Waals surface area contributed by atoms with Gasteiger partial charge in [-0.2, -0.15) is 0 Å². The standard InChI is InChI=1S/C10H20N2O4/c1-7(9(13)15-5-3-11)8(2)10(14)16-6-4-12/h7-8H,3-6,11-12H2,1-2H3. The van der Waals surface area contributed by atoms with Crippen LogP contribution in [-0.4, -0.2) is 38.2 Å². The van der Waals surface area contributed by atoms with Crippen LogP contribution >= 0.6 is 0 Å². The quantitative estimate of drug-likeness (QED) is 0.560. The second-order valence-electron chi connectivity index (χ2n) is 3.49. The fourth-order valence-electron chi connectivity index (χ4n) is 0.990. The van der Waals surface area contributed by atoms with E-state index < -0.39 is 23.8 Å². The minimum Gasteiger partial charge on any atom is -0.464 e. The summed E-state index contributed by atoms with van der Waals surface area (Å²) >= 11 is 0. The molecule has 0 heterocycles. The fraction of sp³-hybridized carbons (Fsp3) is 0.800. The number of rotatable bonds is 7. The summed E-state index contributed by atoms with van der Waals surface area (Å²) in [5, 5.41) is 0. The van der Waals surface area contributed by atoms with Crippen LogP contribution in [0.15, 0.2) is 0 Å². The van der Waals surface area contributed by atoms with E-state index in [2.05, 4.69) is 0 Å². The van der Waals surface area contributed by atoms with Gasteiger partial charge in [-0.15, -0.1) is 0 Å². The van der Waals surface area contributed by atoms with Crippen LogP contribution in [0.5, 0.6) is 0 Å². The predicted octanol–water partition coefficient (Wildman–Crippen LogP) is -0.738. The van der Waals surface area contributed by atoms with Crippen molar-refractivity contribution >= 4 is 11.9 Å². The van der Waals surface area contributed by atoms with Crippen LogP contribution in [0, 0.1) is 11.8 Å². The van der Waals surface area contributed by atoms with Gasteiger partial charge in [0.1, 0.15) is 13.2 Å². The van der Waals surface area contributed by atoms with Crippen LogP contribution in [0.2, 0.25) is 0 Å². The summed E-state index contributed by atoms with van der Waals surface area (Å²) in [6.45, 7) is 4.09. The Balaban J connectivity index is 4.09. The summed E-state index contributed by atoms with van der Waals surface area (Å²) in [7, 11) is 0. The summed E-state index contributed by atoms with van der Waals surface area (Å²) in [6.07, 6.45) is 0. The Hall–Kier alpha value is -1.14. The highest BCUT2D eigenvalue weighted by Crippen LogP contribution is 2.14. The zero-order chi connectivity index (χ0) is 12.6. The lowest BCUT2D eigenvalue weighted by Gasteiger charge is -2.17. The maximum atomic E-state index is 11.4. The molecule has 0 rings (SSSR count). The zero-order valence-corrected chi connectivity index (χ0v) is 9.77. The van der Waals surface area contributed by atoms with Crippen molar-refractivity contribution in [3.63, 3.8) is 0 Å². The Morgan fingerprint density at radius 1 is 0.938 bits per heavy atom. The average Bonchev–Trinajstić information content (AvgIpc) is 2.30. The SMILES string of the molecule is CC(C(=O)OCCN)C(C)C(=O)OCCN. The van der Waals surface area contributed by atoms with Gasteiger partial charge in [0.2, 0.25) is 0 Å². The van der Waals surface area contributed by atoms with E-state index in [1.165, 1.54) is 0 Å². The topological polar surface area (TPSA) is 105 Å².